The Morgan fingerprint density at radius 1 is 1.27 bits per heavy atom. The van der Waals surface area contributed by atoms with Crippen LogP contribution in [0.15, 0.2) is 66.9 Å². The van der Waals surface area contributed by atoms with Crippen molar-refractivity contribution in [2.45, 2.75) is 51.1 Å². The van der Waals surface area contributed by atoms with Gasteiger partial charge in [-0.05, 0) is 31.7 Å². The molecule has 2 atom stereocenters. The number of rotatable bonds is 9. The highest BCUT2D eigenvalue weighted by molar-refractivity contribution is 5.72. The van der Waals surface area contributed by atoms with Gasteiger partial charge in [0, 0.05) is 37.4 Å². The van der Waals surface area contributed by atoms with Crippen LogP contribution in [0.4, 0.5) is 0 Å². The first-order valence-corrected chi connectivity index (χ1v) is 11.9. The molecule has 2 fully saturated rings. The lowest BCUT2D eigenvalue weighted by Gasteiger charge is -2.31. The van der Waals surface area contributed by atoms with E-state index in [-0.39, 0.29) is 12.3 Å². The maximum absolute atomic E-state index is 5.88. The smallest absolute Gasteiger partial charge is 0.191 e. The molecule has 2 unspecified atom stereocenters. The summed E-state index contributed by atoms with van der Waals surface area (Å²) < 4.78 is 7.94. The van der Waals surface area contributed by atoms with Crippen molar-refractivity contribution < 1.29 is 9.57 Å². The molecule has 1 aromatic heterocycles. The van der Waals surface area contributed by atoms with Gasteiger partial charge in [-0.1, -0.05) is 60.7 Å². The van der Waals surface area contributed by atoms with E-state index in [0.29, 0.717) is 19.2 Å². The molecule has 2 N–H and O–H groups in total. The second-order valence-corrected chi connectivity index (χ2v) is 8.82. The van der Waals surface area contributed by atoms with Crippen molar-refractivity contribution in [3.05, 3.63) is 84.0 Å². The number of hydrazine groups is 1. The fourth-order valence-corrected chi connectivity index (χ4v) is 4.20. The molecule has 1 saturated carbocycles. The predicted molar refractivity (Wildman–Crippen MR) is 129 cm³/mol. The fraction of sp³-hybridized carbons (Fsp3) is 0.423. The van der Waals surface area contributed by atoms with Gasteiger partial charge in [-0.2, -0.15) is 0 Å². The number of aromatic nitrogens is 2. The lowest BCUT2D eigenvalue weighted by molar-refractivity contribution is -0.237. The van der Waals surface area contributed by atoms with Gasteiger partial charge in [0.2, 0.25) is 0 Å². The van der Waals surface area contributed by atoms with Gasteiger partial charge in [0.25, 0.3) is 0 Å². The zero-order valence-electron chi connectivity index (χ0n) is 19.2. The zero-order chi connectivity index (χ0) is 22.5. The standard InChI is InChI=1S/C26H33N5O2/c1-20(31(23-13-14-23)29-33-25-17-27-15-16-32-25)24-19-30(18-21-9-5-4-6-10-21)26(28-24)22-11-7-2-3-8-12-22/h2,4-12,19-20,23,25,27,29H,3,13-18H2,1H3. The van der Waals surface area contributed by atoms with Crippen molar-refractivity contribution in [2.75, 3.05) is 19.7 Å². The first-order chi connectivity index (χ1) is 16.3. The van der Waals surface area contributed by atoms with E-state index >= 15 is 0 Å². The number of morpholine rings is 1. The lowest BCUT2D eigenvalue weighted by Crippen LogP contribution is -2.48. The highest BCUT2D eigenvalue weighted by Gasteiger charge is 2.35. The van der Waals surface area contributed by atoms with Gasteiger partial charge in [-0.15, -0.1) is 5.59 Å². The van der Waals surface area contributed by atoms with Crippen molar-refractivity contribution in [1.82, 2.24) is 25.5 Å². The number of nitrogens with zero attached hydrogens (tertiary/aromatic N) is 3. The van der Waals surface area contributed by atoms with E-state index in [9.17, 15) is 0 Å². The first-order valence-electron chi connectivity index (χ1n) is 11.9. The summed E-state index contributed by atoms with van der Waals surface area (Å²) >= 11 is 0. The van der Waals surface area contributed by atoms with Gasteiger partial charge in [0.15, 0.2) is 6.29 Å². The van der Waals surface area contributed by atoms with Crippen LogP contribution in [-0.4, -0.2) is 46.6 Å². The molecule has 1 saturated heterocycles. The Morgan fingerprint density at radius 2 is 2.15 bits per heavy atom. The van der Waals surface area contributed by atoms with Gasteiger partial charge < -0.3 is 14.6 Å². The molecule has 7 heteroatoms. The van der Waals surface area contributed by atoms with Crippen LogP contribution in [0.25, 0.3) is 5.57 Å². The Labute approximate surface area is 195 Å². The van der Waals surface area contributed by atoms with Gasteiger partial charge in [-0.3, -0.25) is 4.84 Å². The second kappa shape index (κ2) is 10.6. The summed E-state index contributed by atoms with van der Waals surface area (Å²) in [5, 5.41) is 5.49. The molecule has 7 nitrogen and oxygen atoms in total. The number of hydrogen-bond acceptors (Lipinski definition) is 6. The Hall–Kier alpha value is -2.55. The van der Waals surface area contributed by atoms with Crippen LogP contribution < -0.4 is 10.9 Å². The van der Waals surface area contributed by atoms with Crippen molar-refractivity contribution in [3.8, 4) is 0 Å². The minimum absolute atomic E-state index is 0.0516. The molecule has 1 aliphatic heterocycles. The van der Waals surface area contributed by atoms with Crippen LogP contribution >= 0.6 is 0 Å². The molecule has 3 aliphatic rings. The number of hydrogen-bond donors (Lipinski definition) is 2. The SMILES string of the molecule is CC(c1cn(Cc2ccccc2)c(C2=CC=CCC=C2)n1)N(NOC1CNCCO1)C1CC1. The summed E-state index contributed by atoms with van der Waals surface area (Å²) in [5.74, 6) is 0.986. The second-order valence-electron chi connectivity index (χ2n) is 8.82. The average molecular weight is 448 g/mol. The molecular weight excluding hydrogens is 414 g/mol. The third-order valence-electron chi connectivity index (χ3n) is 6.20. The zero-order valence-corrected chi connectivity index (χ0v) is 19.2. The van der Waals surface area contributed by atoms with Crippen molar-refractivity contribution in [2.24, 2.45) is 0 Å². The molecule has 5 rings (SSSR count). The molecule has 2 aromatic rings. The topological polar surface area (TPSA) is 63.6 Å². The van der Waals surface area contributed by atoms with Crippen LogP contribution in [0.1, 0.15) is 49.3 Å². The summed E-state index contributed by atoms with van der Waals surface area (Å²) in [7, 11) is 0. The molecule has 0 bridgehead atoms. The van der Waals surface area contributed by atoms with Crippen LogP contribution in [0.2, 0.25) is 0 Å². The molecule has 2 aliphatic carbocycles. The van der Waals surface area contributed by atoms with Crippen LogP contribution in [0.3, 0.4) is 0 Å². The molecule has 0 spiro atoms. The van der Waals surface area contributed by atoms with E-state index in [0.717, 1.165) is 49.4 Å². The number of allylic oxidation sites excluding steroid dienone is 6. The third kappa shape index (κ3) is 5.69. The number of nitrogens with one attached hydrogen (secondary N) is 2. The third-order valence-corrected chi connectivity index (χ3v) is 6.20. The summed E-state index contributed by atoms with van der Waals surface area (Å²) in [6, 6.07) is 11.0. The highest BCUT2D eigenvalue weighted by atomic mass is 16.8. The minimum Gasteiger partial charge on any atom is -0.348 e. The average Bonchev–Trinajstić information content (AvgIpc) is 3.65. The molecular formula is C26H33N5O2. The van der Waals surface area contributed by atoms with E-state index in [4.69, 9.17) is 14.6 Å². The van der Waals surface area contributed by atoms with E-state index in [2.05, 4.69) is 94.3 Å². The number of benzene rings is 1. The number of imidazole rings is 1. The normalized spacial score (nSPS) is 21.8. The minimum atomic E-state index is -0.286. The Bertz CT molecular complexity index is 1000. The summed E-state index contributed by atoms with van der Waals surface area (Å²) in [4.78, 5) is 11.0. The summed E-state index contributed by atoms with van der Waals surface area (Å²) in [5.41, 5.74) is 6.60. The molecule has 1 aromatic carbocycles. The molecule has 2 heterocycles. The van der Waals surface area contributed by atoms with Crippen LogP contribution in [-0.2, 0) is 16.1 Å². The van der Waals surface area contributed by atoms with Gasteiger partial charge in [0.1, 0.15) is 5.82 Å². The molecule has 174 valence electrons. The summed E-state index contributed by atoms with van der Waals surface area (Å²) in [6.45, 7) is 5.17. The Morgan fingerprint density at radius 3 is 2.94 bits per heavy atom. The molecule has 0 radical (unpaired) electrons. The van der Waals surface area contributed by atoms with Crippen molar-refractivity contribution in [1.29, 1.82) is 0 Å². The van der Waals surface area contributed by atoms with Gasteiger partial charge >= 0.3 is 0 Å². The Balaban J connectivity index is 1.39. The van der Waals surface area contributed by atoms with Gasteiger partial charge in [0.05, 0.1) is 18.3 Å². The predicted octanol–water partition coefficient (Wildman–Crippen LogP) is 3.74. The van der Waals surface area contributed by atoms with Crippen molar-refractivity contribution in [3.63, 3.8) is 0 Å². The lowest BCUT2D eigenvalue weighted by atomic mass is 10.2. The Kier molecular flexibility index (Phi) is 7.14. The first kappa shape index (κ1) is 22.3. The maximum Gasteiger partial charge on any atom is 0.191 e. The number of ether oxygens (including phenoxy) is 1. The highest BCUT2D eigenvalue weighted by Crippen LogP contribution is 2.33. The van der Waals surface area contributed by atoms with Crippen LogP contribution in [0, 0.1) is 0 Å². The van der Waals surface area contributed by atoms with Gasteiger partial charge in [-0.25, -0.2) is 9.99 Å². The monoisotopic (exact) mass is 447 g/mol. The van der Waals surface area contributed by atoms with E-state index in [1.54, 1.807) is 0 Å². The summed E-state index contributed by atoms with van der Waals surface area (Å²) in [6.07, 6.45) is 15.9. The van der Waals surface area contributed by atoms with Crippen LogP contribution in [0.5, 0.6) is 0 Å². The quantitative estimate of drug-likeness (QED) is 0.571. The fourth-order valence-electron chi connectivity index (χ4n) is 4.20. The largest absolute Gasteiger partial charge is 0.348 e. The van der Waals surface area contributed by atoms with Crippen molar-refractivity contribution >= 4 is 5.57 Å². The maximum atomic E-state index is 5.88. The van der Waals surface area contributed by atoms with E-state index in [1.165, 1.54) is 5.56 Å². The van der Waals surface area contributed by atoms with E-state index in [1.807, 2.05) is 0 Å². The van der Waals surface area contributed by atoms with E-state index < -0.39 is 0 Å². The molecule has 0 amide bonds. The molecule has 33 heavy (non-hydrogen) atoms.